The molecule has 1 aromatic heterocycles. The van der Waals surface area contributed by atoms with Gasteiger partial charge in [-0.3, -0.25) is 0 Å². The van der Waals surface area contributed by atoms with Crippen LogP contribution in [0.5, 0.6) is 0 Å². The topological polar surface area (TPSA) is 43.6 Å². The van der Waals surface area contributed by atoms with Crippen molar-refractivity contribution in [1.82, 2.24) is 5.32 Å². The van der Waals surface area contributed by atoms with Gasteiger partial charge < -0.3 is 19.2 Å². The summed E-state index contributed by atoms with van der Waals surface area (Å²) in [5.41, 5.74) is 1.33. The van der Waals surface area contributed by atoms with E-state index < -0.39 is 0 Å². The minimum Gasteiger partial charge on any atom is -0.472 e. The van der Waals surface area contributed by atoms with Gasteiger partial charge in [-0.05, 0) is 50.6 Å². The SMILES string of the molecule is CCCNC(c1ccoc1)C1CCOC2(CCOCC2)C1. The van der Waals surface area contributed by atoms with Crippen LogP contribution in [-0.2, 0) is 9.47 Å². The first kappa shape index (κ1) is 15.1. The molecule has 3 rings (SSSR count). The number of ether oxygens (including phenoxy) is 2. The van der Waals surface area contributed by atoms with E-state index in [1.807, 2.05) is 6.26 Å². The summed E-state index contributed by atoms with van der Waals surface area (Å²) in [6.07, 6.45) is 9.14. The highest BCUT2D eigenvalue weighted by atomic mass is 16.5. The van der Waals surface area contributed by atoms with Gasteiger partial charge in [-0.25, -0.2) is 0 Å². The van der Waals surface area contributed by atoms with Gasteiger partial charge in [-0.2, -0.15) is 0 Å². The zero-order valence-electron chi connectivity index (χ0n) is 13.0. The molecule has 118 valence electrons. The van der Waals surface area contributed by atoms with E-state index in [1.165, 1.54) is 5.56 Å². The first-order valence-electron chi connectivity index (χ1n) is 8.30. The fourth-order valence-electron chi connectivity index (χ4n) is 3.75. The fourth-order valence-corrected chi connectivity index (χ4v) is 3.75. The molecule has 0 radical (unpaired) electrons. The zero-order valence-corrected chi connectivity index (χ0v) is 13.0. The Labute approximate surface area is 127 Å². The summed E-state index contributed by atoms with van der Waals surface area (Å²) in [7, 11) is 0. The average molecular weight is 293 g/mol. The number of furan rings is 1. The molecule has 2 atom stereocenters. The van der Waals surface area contributed by atoms with E-state index in [0.717, 1.165) is 58.5 Å². The molecule has 2 aliphatic heterocycles. The summed E-state index contributed by atoms with van der Waals surface area (Å²) in [6.45, 7) is 5.80. The smallest absolute Gasteiger partial charge is 0.0950 e. The molecule has 2 saturated heterocycles. The Bertz CT molecular complexity index is 406. The molecule has 0 aromatic carbocycles. The van der Waals surface area contributed by atoms with Crippen LogP contribution < -0.4 is 5.32 Å². The summed E-state index contributed by atoms with van der Waals surface area (Å²) in [5, 5.41) is 3.72. The van der Waals surface area contributed by atoms with Gasteiger partial charge in [0.1, 0.15) is 0 Å². The molecule has 1 N–H and O–H groups in total. The van der Waals surface area contributed by atoms with Crippen molar-refractivity contribution in [2.75, 3.05) is 26.4 Å². The van der Waals surface area contributed by atoms with Crippen LogP contribution in [0.2, 0.25) is 0 Å². The Morgan fingerprint density at radius 1 is 1.33 bits per heavy atom. The molecule has 0 saturated carbocycles. The molecule has 4 nitrogen and oxygen atoms in total. The van der Waals surface area contributed by atoms with Crippen LogP contribution >= 0.6 is 0 Å². The lowest BCUT2D eigenvalue weighted by molar-refractivity contribution is -0.150. The Balaban J connectivity index is 1.72. The van der Waals surface area contributed by atoms with Crippen LogP contribution in [0.3, 0.4) is 0 Å². The summed E-state index contributed by atoms with van der Waals surface area (Å²) >= 11 is 0. The molecular weight excluding hydrogens is 266 g/mol. The van der Waals surface area contributed by atoms with Gasteiger partial charge in [-0.1, -0.05) is 6.92 Å². The second-order valence-electron chi connectivity index (χ2n) is 6.39. The lowest BCUT2D eigenvalue weighted by Crippen LogP contribution is -2.47. The van der Waals surface area contributed by atoms with E-state index in [1.54, 1.807) is 6.26 Å². The second-order valence-corrected chi connectivity index (χ2v) is 6.39. The number of hydrogen-bond acceptors (Lipinski definition) is 4. The van der Waals surface area contributed by atoms with E-state index in [9.17, 15) is 0 Å². The lowest BCUT2D eigenvalue weighted by atomic mass is 9.76. The van der Waals surface area contributed by atoms with E-state index in [2.05, 4.69) is 18.3 Å². The molecule has 2 aliphatic rings. The Morgan fingerprint density at radius 3 is 2.90 bits per heavy atom. The second kappa shape index (κ2) is 6.95. The third-order valence-electron chi connectivity index (χ3n) is 4.92. The maximum Gasteiger partial charge on any atom is 0.0950 e. The molecule has 1 spiro atoms. The Kier molecular flexibility index (Phi) is 4.99. The van der Waals surface area contributed by atoms with Crippen LogP contribution in [0, 0.1) is 5.92 Å². The normalized spacial score (nSPS) is 26.8. The van der Waals surface area contributed by atoms with Crippen molar-refractivity contribution in [3.8, 4) is 0 Å². The highest BCUT2D eigenvalue weighted by Gasteiger charge is 2.41. The molecule has 2 unspecified atom stereocenters. The molecule has 1 aromatic rings. The highest BCUT2D eigenvalue weighted by molar-refractivity contribution is 5.14. The van der Waals surface area contributed by atoms with E-state index in [-0.39, 0.29) is 5.60 Å². The molecule has 0 bridgehead atoms. The van der Waals surface area contributed by atoms with Gasteiger partial charge in [0.15, 0.2) is 0 Å². The minimum absolute atomic E-state index is 0.0526. The van der Waals surface area contributed by atoms with Crippen molar-refractivity contribution in [3.63, 3.8) is 0 Å². The van der Waals surface area contributed by atoms with Gasteiger partial charge in [-0.15, -0.1) is 0 Å². The molecule has 0 amide bonds. The van der Waals surface area contributed by atoms with E-state index in [4.69, 9.17) is 13.9 Å². The van der Waals surface area contributed by atoms with Gasteiger partial charge in [0, 0.05) is 31.4 Å². The molecule has 4 heteroatoms. The first-order chi connectivity index (χ1) is 10.3. The maximum absolute atomic E-state index is 6.18. The molecular formula is C17H27NO3. The predicted molar refractivity (Wildman–Crippen MR) is 81.2 cm³/mol. The number of rotatable bonds is 5. The van der Waals surface area contributed by atoms with Crippen molar-refractivity contribution in [2.45, 2.75) is 50.7 Å². The van der Waals surface area contributed by atoms with Crippen LogP contribution in [0.15, 0.2) is 23.0 Å². The summed E-state index contributed by atoms with van der Waals surface area (Å²) < 4.78 is 17.0. The van der Waals surface area contributed by atoms with Gasteiger partial charge >= 0.3 is 0 Å². The first-order valence-corrected chi connectivity index (χ1v) is 8.30. The summed E-state index contributed by atoms with van der Waals surface area (Å²) in [4.78, 5) is 0. The average Bonchev–Trinajstić information content (AvgIpc) is 3.03. The lowest BCUT2D eigenvalue weighted by Gasteiger charge is -2.45. The van der Waals surface area contributed by atoms with E-state index >= 15 is 0 Å². The Hall–Kier alpha value is -0.840. The molecule has 3 heterocycles. The van der Waals surface area contributed by atoms with Crippen molar-refractivity contribution in [1.29, 1.82) is 0 Å². The molecule has 2 fully saturated rings. The van der Waals surface area contributed by atoms with Crippen molar-refractivity contribution in [3.05, 3.63) is 24.2 Å². The molecule has 21 heavy (non-hydrogen) atoms. The van der Waals surface area contributed by atoms with Crippen LogP contribution in [0.1, 0.15) is 50.6 Å². The van der Waals surface area contributed by atoms with Crippen molar-refractivity contribution < 1.29 is 13.9 Å². The van der Waals surface area contributed by atoms with Crippen molar-refractivity contribution >= 4 is 0 Å². The van der Waals surface area contributed by atoms with Crippen LogP contribution in [0.4, 0.5) is 0 Å². The fraction of sp³-hybridized carbons (Fsp3) is 0.765. The quantitative estimate of drug-likeness (QED) is 0.904. The summed E-state index contributed by atoms with van der Waals surface area (Å²) in [6, 6.07) is 2.48. The van der Waals surface area contributed by atoms with Gasteiger partial charge in [0.2, 0.25) is 0 Å². The van der Waals surface area contributed by atoms with Crippen LogP contribution in [-0.4, -0.2) is 32.0 Å². The molecule has 0 aliphatic carbocycles. The standard InChI is InChI=1S/C17H27NO3/c1-2-7-18-16(15-3-8-20-13-15)14-4-9-21-17(12-14)5-10-19-11-6-17/h3,8,13-14,16,18H,2,4-7,9-12H2,1H3. The minimum atomic E-state index is 0.0526. The van der Waals surface area contributed by atoms with E-state index in [0.29, 0.717) is 12.0 Å². The van der Waals surface area contributed by atoms with Gasteiger partial charge in [0.05, 0.1) is 18.1 Å². The third-order valence-corrected chi connectivity index (χ3v) is 4.92. The highest BCUT2D eigenvalue weighted by Crippen LogP contribution is 2.41. The monoisotopic (exact) mass is 293 g/mol. The van der Waals surface area contributed by atoms with Gasteiger partial charge in [0.25, 0.3) is 0 Å². The number of nitrogens with one attached hydrogen (secondary N) is 1. The largest absolute Gasteiger partial charge is 0.472 e. The van der Waals surface area contributed by atoms with Crippen molar-refractivity contribution in [2.24, 2.45) is 5.92 Å². The van der Waals surface area contributed by atoms with Crippen LogP contribution in [0.25, 0.3) is 0 Å². The number of hydrogen-bond donors (Lipinski definition) is 1. The Morgan fingerprint density at radius 2 is 2.19 bits per heavy atom. The maximum atomic E-state index is 6.18. The third kappa shape index (κ3) is 3.50. The zero-order chi connectivity index (χ0) is 14.5. The summed E-state index contributed by atoms with van der Waals surface area (Å²) in [5.74, 6) is 0.612. The predicted octanol–water partition coefficient (Wildman–Crippen LogP) is 3.30.